The molecule has 0 saturated carbocycles. The Morgan fingerprint density at radius 1 is 1.06 bits per heavy atom. The van der Waals surface area contributed by atoms with Crippen LogP contribution < -0.4 is 15.0 Å². The fraction of sp³-hybridized carbons (Fsp3) is 0.217. The van der Waals surface area contributed by atoms with E-state index in [-0.39, 0.29) is 23.2 Å². The van der Waals surface area contributed by atoms with E-state index in [1.807, 2.05) is 6.07 Å². The molecule has 0 unspecified atom stereocenters. The topological polar surface area (TPSA) is 88.2 Å². The Hall–Kier alpha value is -3.56. The Bertz CT molecular complexity index is 1060. The van der Waals surface area contributed by atoms with Crippen LogP contribution in [0.1, 0.15) is 5.56 Å². The van der Waals surface area contributed by atoms with Crippen molar-refractivity contribution in [2.75, 3.05) is 37.8 Å². The molecular weight excluding hydrogens is 430 g/mol. The first-order valence-electron chi connectivity index (χ1n) is 10.1. The molecule has 9 heteroatoms. The summed E-state index contributed by atoms with van der Waals surface area (Å²) < 4.78 is 10.8. The maximum Gasteiger partial charge on any atom is 0.270 e. The van der Waals surface area contributed by atoms with Crippen LogP contribution >= 0.6 is 12.2 Å². The minimum atomic E-state index is -0.552. The largest absolute Gasteiger partial charge is 0.484 e. The lowest BCUT2D eigenvalue weighted by molar-refractivity contribution is -0.137. The Balaban J connectivity index is 1.44. The Labute approximate surface area is 190 Å². The lowest BCUT2D eigenvalue weighted by Crippen LogP contribution is -2.54. The van der Waals surface area contributed by atoms with Gasteiger partial charge in [-0.1, -0.05) is 30.3 Å². The highest BCUT2D eigenvalue weighted by Crippen LogP contribution is 2.22. The molecule has 0 aliphatic carbocycles. The zero-order chi connectivity index (χ0) is 22.5. The first-order chi connectivity index (χ1) is 15.5. The van der Waals surface area contributed by atoms with Gasteiger partial charge in [0, 0.05) is 13.1 Å². The molecule has 164 valence electrons. The molecule has 2 fully saturated rings. The van der Waals surface area contributed by atoms with E-state index in [1.165, 1.54) is 11.0 Å². The molecule has 0 spiro atoms. The number of nitrogens with one attached hydrogen (secondary N) is 1. The van der Waals surface area contributed by atoms with Crippen LogP contribution in [-0.2, 0) is 19.1 Å². The number of benzene rings is 2. The number of hydrogen-bond donors (Lipinski definition) is 1. The van der Waals surface area contributed by atoms with Crippen LogP contribution in [0.5, 0.6) is 5.75 Å². The second kappa shape index (κ2) is 9.71. The van der Waals surface area contributed by atoms with Gasteiger partial charge in [0.25, 0.3) is 17.7 Å². The molecule has 0 atom stereocenters. The summed E-state index contributed by atoms with van der Waals surface area (Å²) in [6.45, 7) is 2.13. The zero-order valence-electron chi connectivity index (χ0n) is 17.2. The van der Waals surface area contributed by atoms with Crippen LogP contribution in [0.3, 0.4) is 0 Å². The number of rotatable bonds is 5. The van der Waals surface area contributed by atoms with Gasteiger partial charge in [-0.3, -0.25) is 24.6 Å². The van der Waals surface area contributed by atoms with Crippen LogP contribution in [0, 0.1) is 0 Å². The number of morpholine rings is 1. The number of hydrogen-bond acceptors (Lipinski definition) is 6. The summed E-state index contributed by atoms with van der Waals surface area (Å²) in [7, 11) is 0. The van der Waals surface area contributed by atoms with Crippen molar-refractivity contribution in [3.63, 3.8) is 0 Å². The van der Waals surface area contributed by atoms with Crippen molar-refractivity contribution < 1.29 is 23.9 Å². The fourth-order valence-electron chi connectivity index (χ4n) is 3.35. The predicted octanol–water partition coefficient (Wildman–Crippen LogP) is 1.76. The molecule has 0 radical (unpaired) electrons. The summed E-state index contributed by atoms with van der Waals surface area (Å²) >= 11 is 5.19. The summed E-state index contributed by atoms with van der Waals surface area (Å²) in [4.78, 5) is 40.6. The average molecular weight is 452 g/mol. The number of nitrogens with zero attached hydrogens (tertiary/aromatic N) is 2. The van der Waals surface area contributed by atoms with Gasteiger partial charge in [0.2, 0.25) is 0 Å². The summed E-state index contributed by atoms with van der Waals surface area (Å²) in [6.07, 6.45) is 1.50. The first-order valence-corrected chi connectivity index (χ1v) is 10.5. The maximum atomic E-state index is 13.0. The smallest absolute Gasteiger partial charge is 0.270 e. The van der Waals surface area contributed by atoms with E-state index >= 15 is 0 Å². The van der Waals surface area contributed by atoms with Crippen molar-refractivity contribution in [3.05, 3.63) is 65.7 Å². The van der Waals surface area contributed by atoms with Crippen molar-refractivity contribution in [3.8, 4) is 5.75 Å². The van der Waals surface area contributed by atoms with E-state index in [4.69, 9.17) is 21.7 Å². The van der Waals surface area contributed by atoms with Gasteiger partial charge < -0.3 is 14.4 Å². The third-order valence-electron chi connectivity index (χ3n) is 5.03. The van der Waals surface area contributed by atoms with E-state index in [0.717, 1.165) is 0 Å². The molecule has 2 aliphatic rings. The highest BCUT2D eigenvalue weighted by molar-refractivity contribution is 7.80. The first kappa shape index (κ1) is 21.7. The molecule has 2 aliphatic heterocycles. The van der Waals surface area contributed by atoms with Crippen LogP contribution in [-0.4, -0.2) is 60.6 Å². The van der Waals surface area contributed by atoms with Gasteiger partial charge in [-0.2, -0.15) is 0 Å². The number of para-hydroxylation sites is 1. The molecule has 1 N–H and O–H groups in total. The Kier molecular flexibility index (Phi) is 6.58. The minimum absolute atomic E-state index is 0.0291. The molecule has 32 heavy (non-hydrogen) atoms. The van der Waals surface area contributed by atoms with Crippen LogP contribution in [0.25, 0.3) is 6.08 Å². The average Bonchev–Trinajstić information content (AvgIpc) is 2.82. The van der Waals surface area contributed by atoms with Gasteiger partial charge in [-0.15, -0.1) is 0 Å². The van der Waals surface area contributed by atoms with Gasteiger partial charge in [-0.25, -0.2) is 0 Å². The molecule has 3 amide bonds. The molecule has 8 nitrogen and oxygen atoms in total. The van der Waals surface area contributed by atoms with Crippen LogP contribution in [0.15, 0.2) is 60.2 Å². The number of carbonyl (C=O) groups excluding carboxylic acids is 3. The maximum absolute atomic E-state index is 13.0. The van der Waals surface area contributed by atoms with Crippen molar-refractivity contribution in [2.45, 2.75) is 0 Å². The molecule has 0 aromatic heterocycles. The number of ether oxygens (including phenoxy) is 2. The summed E-state index contributed by atoms with van der Waals surface area (Å²) in [5, 5.41) is 2.60. The van der Waals surface area contributed by atoms with Crippen molar-refractivity contribution in [2.24, 2.45) is 0 Å². The van der Waals surface area contributed by atoms with Gasteiger partial charge in [0.15, 0.2) is 11.7 Å². The van der Waals surface area contributed by atoms with Gasteiger partial charge >= 0.3 is 0 Å². The van der Waals surface area contributed by atoms with E-state index in [2.05, 4.69) is 5.32 Å². The number of thiocarbonyl (C=S) groups is 1. The number of amides is 3. The van der Waals surface area contributed by atoms with Crippen molar-refractivity contribution in [1.82, 2.24) is 10.2 Å². The normalized spacial score (nSPS) is 18.0. The monoisotopic (exact) mass is 451 g/mol. The molecular formula is C23H21N3O5S. The lowest BCUT2D eigenvalue weighted by atomic mass is 10.1. The zero-order valence-corrected chi connectivity index (χ0v) is 18.0. The van der Waals surface area contributed by atoms with E-state index in [0.29, 0.717) is 43.3 Å². The van der Waals surface area contributed by atoms with E-state index in [9.17, 15) is 14.4 Å². The van der Waals surface area contributed by atoms with E-state index < -0.39 is 11.8 Å². The van der Waals surface area contributed by atoms with Gasteiger partial charge in [-0.05, 0) is 48.1 Å². The van der Waals surface area contributed by atoms with Crippen LogP contribution in [0.2, 0.25) is 0 Å². The number of carbonyl (C=O) groups is 3. The minimum Gasteiger partial charge on any atom is -0.484 e. The Morgan fingerprint density at radius 2 is 1.75 bits per heavy atom. The SMILES string of the molecule is O=C1NC(=S)N(c2ccccc2)C(=O)/C1=C/c1ccc(OCC(=O)N2CCOCC2)cc1. The second-order valence-corrected chi connectivity index (χ2v) is 7.53. The second-order valence-electron chi connectivity index (χ2n) is 7.14. The van der Waals surface area contributed by atoms with Gasteiger partial charge in [0.1, 0.15) is 11.3 Å². The van der Waals surface area contributed by atoms with Gasteiger partial charge in [0.05, 0.1) is 18.9 Å². The highest BCUT2D eigenvalue weighted by Gasteiger charge is 2.34. The number of anilines is 1. The standard InChI is InChI=1S/C23H21N3O5S/c27-20(25-10-12-30-13-11-25)15-31-18-8-6-16(7-9-18)14-19-21(28)24-23(32)26(22(19)29)17-4-2-1-3-5-17/h1-9,14H,10-13,15H2,(H,24,28,32)/b19-14+. The predicted molar refractivity (Wildman–Crippen MR) is 122 cm³/mol. The molecule has 2 heterocycles. The lowest BCUT2D eigenvalue weighted by Gasteiger charge is -2.28. The van der Waals surface area contributed by atoms with Crippen LogP contribution in [0.4, 0.5) is 5.69 Å². The quantitative estimate of drug-likeness (QED) is 0.423. The van der Waals surface area contributed by atoms with Crippen molar-refractivity contribution >= 4 is 46.8 Å². The third-order valence-corrected chi connectivity index (χ3v) is 5.32. The molecule has 2 aromatic carbocycles. The fourth-order valence-corrected chi connectivity index (χ4v) is 3.63. The molecule has 4 rings (SSSR count). The van der Waals surface area contributed by atoms with Crippen molar-refractivity contribution in [1.29, 1.82) is 0 Å². The van der Waals surface area contributed by atoms with E-state index in [1.54, 1.807) is 53.4 Å². The Morgan fingerprint density at radius 3 is 2.44 bits per heavy atom. The third kappa shape index (κ3) is 4.84. The highest BCUT2D eigenvalue weighted by atomic mass is 32.1. The molecule has 0 bridgehead atoms. The summed E-state index contributed by atoms with van der Waals surface area (Å²) in [6, 6.07) is 15.7. The molecule has 2 saturated heterocycles. The molecule has 2 aromatic rings. The summed E-state index contributed by atoms with van der Waals surface area (Å²) in [5.74, 6) is -0.633. The summed E-state index contributed by atoms with van der Waals surface area (Å²) in [5.41, 5.74) is 1.18.